The first-order valence-corrected chi connectivity index (χ1v) is 5.29. The van der Waals surface area contributed by atoms with E-state index in [0.717, 1.165) is 0 Å². The van der Waals surface area contributed by atoms with E-state index in [0.29, 0.717) is 30.9 Å². The number of para-hydroxylation sites is 1. The molecule has 0 radical (unpaired) electrons. The Balaban J connectivity index is 2.71. The third-order valence-corrected chi connectivity index (χ3v) is 1.94. The minimum Gasteiger partial charge on any atom is -0.493 e. The Labute approximate surface area is 94.8 Å². The number of carbonyl (C=O) groups excluding carboxylic acids is 1. The molecule has 0 atom stereocenters. The van der Waals surface area contributed by atoms with Crippen molar-refractivity contribution in [3.8, 4) is 5.75 Å². The van der Waals surface area contributed by atoms with Gasteiger partial charge in [-0.15, -0.1) is 0 Å². The fourth-order valence-corrected chi connectivity index (χ4v) is 1.22. The molecule has 0 aliphatic heterocycles. The van der Waals surface area contributed by atoms with Crippen molar-refractivity contribution in [3.05, 3.63) is 29.8 Å². The highest BCUT2D eigenvalue weighted by Gasteiger charge is 2.12. The van der Waals surface area contributed by atoms with E-state index in [1.54, 1.807) is 31.2 Å². The molecule has 0 saturated heterocycles. The monoisotopic (exact) mass is 224 g/mol. The van der Waals surface area contributed by atoms with Crippen LogP contribution in [0.2, 0.25) is 0 Å². The van der Waals surface area contributed by atoms with Gasteiger partial charge in [0.15, 0.2) is 0 Å². The third-order valence-electron chi connectivity index (χ3n) is 1.94. The molecule has 16 heavy (non-hydrogen) atoms. The molecule has 0 unspecified atom stereocenters. The molecule has 0 saturated carbocycles. The summed E-state index contributed by atoms with van der Waals surface area (Å²) in [5.74, 6) is 0.108. The van der Waals surface area contributed by atoms with Gasteiger partial charge in [-0.3, -0.25) is 0 Å². The number of aliphatic hydroxyl groups is 1. The van der Waals surface area contributed by atoms with E-state index in [2.05, 4.69) is 0 Å². The molecule has 0 fully saturated rings. The molecule has 0 spiro atoms. The highest BCUT2D eigenvalue weighted by atomic mass is 16.5. The molecule has 0 amide bonds. The summed E-state index contributed by atoms with van der Waals surface area (Å²) in [6.07, 6.45) is 0.539. The first kappa shape index (κ1) is 12.5. The van der Waals surface area contributed by atoms with Gasteiger partial charge in [0.05, 0.1) is 13.2 Å². The Morgan fingerprint density at radius 1 is 1.38 bits per heavy atom. The first-order valence-electron chi connectivity index (χ1n) is 5.29. The molecule has 0 heterocycles. The summed E-state index contributed by atoms with van der Waals surface area (Å²) in [4.78, 5) is 11.5. The minimum absolute atomic E-state index is 0.0710. The normalized spacial score (nSPS) is 9.88. The number of hydrogen-bond acceptors (Lipinski definition) is 4. The largest absolute Gasteiger partial charge is 0.493 e. The molecule has 0 aliphatic rings. The van der Waals surface area contributed by atoms with Crippen LogP contribution >= 0.6 is 0 Å². The van der Waals surface area contributed by atoms with Gasteiger partial charge in [0.25, 0.3) is 0 Å². The second kappa shape index (κ2) is 6.85. The SMILES string of the molecule is CCOC(=O)c1ccccc1OCCCO. The number of hydrogen-bond donors (Lipinski definition) is 1. The maximum absolute atomic E-state index is 11.5. The quantitative estimate of drug-likeness (QED) is 0.589. The minimum atomic E-state index is -0.387. The van der Waals surface area contributed by atoms with Gasteiger partial charge < -0.3 is 14.6 Å². The molecule has 88 valence electrons. The van der Waals surface area contributed by atoms with Crippen LogP contribution in [-0.2, 0) is 4.74 Å². The zero-order valence-corrected chi connectivity index (χ0v) is 9.31. The Hall–Kier alpha value is -1.55. The van der Waals surface area contributed by atoms with Crippen LogP contribution in [0.5, 0.6) is 5.75 Å². The number of aliphatic hydroxyl groups excluding tert-OH is 1. The van der Waals surface area contributed by atoms with Crippen LogP contribution in [0.25, 0.3) is 0 Å². The van der Waals surface area contributed by atoms with Crippen molar-refractivity contribution >= 4 is 5.97 Å². The van der Waals surface area contributed by atoms with Crippen molar-refractivity contribution in [3.63, 3.8) is 0 Å². The van der Waals surface area contributed by atoms with E-state index in [9.17, 15) is 4.79 Å². The maximum atomic E-state index is 11.5. The second-order valence-electron chi connectivity index (χ2n) is 3.14. The summed E-state index contributed by atoms with van der Waals surface area (Å²) in [6.45, 7) is 2.55. The van der Waals surface area contributed by atoms with Crippen LogP contribution in [-0.4, -0.2) is 30.9 Å². The molecule has 1 aromatic carbocycles. The number of carbonyl (C=O) groups is 1. The lowest BCUT2D eigenvalue weighted by Gasteiger charge is -2.09. The van der Waals surface area contributed by atoms with Gasteiger partial charge in [0, 0.05) is 13.0 Å². The average molecular weight is 224 g/mol. The van der Waals surface area contributed by atoms with E-state index in [1.807, 2.05) is 0 Å². The van der Waals surface area contributed by atoms with Crippen molar-refractivity contribution in [1.82, 2.24) is 0 Å². The highest BCUT2D eigenvalue weighted by molar-refractivity contribution is 5.92. The summed E-state index contributed by atoms with van der Waals surface area (Å²) >= 11 is 0. The van der Waals surface area contributed by atoms with E-state index in [4.69, 9.17) is 14.6 Å². The van der Waals surface area contributed by atoms with Crippen molar-refractivity contribution in [2.75, 3.05) is 19.8 Å². The van der Waals surface area contributed by atoms with Gasteiger partial charge in [0.2, 0.25) is 0 Å². The van der Waals surface area contributed by atoms with Crippen LogP contribution in [0.4, 0.5) is 0 Å². The standard InChI is InChI=1S/C12H16O4/c1-2-15-12(14)10-6-3-4-7-11(10)16-9-5-8-13/h3-4,6-7,13H,2,5,8-9H2,1H3. The van der Waals surface area contributed by atoms with Crippen molar-refractivity contribution in [2.45, 2.75) is 13.3 Å². The Bertz CT molecular complexity index is 336. The zero-order chi connectivity index (χ0) is 11.8. The number of rotatable bonds is 6. The smallest absolute Gasteiger partial charge is 0.341 e. The van der Waals surface area contributed by atoms with E-state index >= 15 is 0 Å². The van der Waals surface area contributed by atoms with Crippen molar-refractivity contribution in [2.24, 2.45) is 0 Å². The number of esters is 1. The van der Waals surface area contributed by atoms with Gasteiger partial charge in [-0.05, 0) is 19.1 Å². The van der Waals surface area contributed by atoms with E-state index < -0.39 is 0 Å². The number of benzene rings is 1. The average Bonchev–Trinajstić information content (AvgIpc) is 2.30. The van der Waals surface area contributed by atoms with Crippen molar-refractivity contribution < 1.29 is 19.4 Å². The molecule has 0 aliphatic carbocycles. The second-order valence-corrected chi connectivity index (χ2v) is 3.14. The fraction of sp³-hybridized carbons (Fsp3) is 0.417. The first-order chi connectivity index (χ1) is 7.79. The summed E-state index contributed by atoms with van der Waals surface area (Å²) in [7, 11) is 0. The molecule has 4 nitrogen and oxygen atoms in total. The van der Waals surface area contributed by atoms with Crippen LogP contribution in [0.3, 0.4) is 0 Å². The molecule has 0 bridgehead atoms. The van der Waals surface area contributed by atoms with Gasteiger partial charge in [-0.2, -0.15) is 0 Å². The molecular weight excluding hydrogens is 208 g/mol. The van der Waals surface area contributed by atoms with Crippen LogP contribution in [0.1, 0.15) is 23.7 Å². The van der Waals surface area contributed by atoms with Crippen molar-refractivity contribution in [1.29, 1.82) is 0 Å². The Morgan fingerprint density at radius 3 is 2.81 bits per heavy atom. The van der Waals surface area contributed by atoms with E-state index in [1.165, 1.54) is 0 Å². The van der Waals surface area contributed by atoms with Gasteiger partial charge in [-0.25, -0.2) is 4.79 Å². The van der Waals surface area contributed by atoms with Gasteiger partial charge >= 0.3 is 5.97 Å². The molecule has 1 N–H and O–H groups in total. The van der Waals surface area contributed by atoms with Crippen LogP contribution in [0, 0.1) is 0 Å². The Morgan fingerprint density at radius 2 is 2.12 bits per heavy atom. The van der Waals surface area contributed by atoms with Crippen LogP contribution in [0.15, 0.2) is 24.3 Å². The molecule has 1 rings (SSSR count). The van der Waals surface area contributed by atoms with Gasteiger partial charge in [0.1, 0.15) is 11.3 Å². The lowest BCUT2D eigenvalue weighted by atomic mass is 10.2. The summed E-state index contributed by atoms with van der Waals surface area (Å²) in [5, 5.41) is 8.64. The zero-order valence-electron chi connectivity index (χ0n) is 9.31. The fourth-order valence-electron chi connectivity index (χ4n) is 1.22. The lowest BCUT2D eigenvalue weighted by Crippen LogP contribution is -2.08. The Kier molecular flexibility index (Phi) is 5.36. The predicted molar refractivity (Wildman–Crippen MR) is 59.6 cm³/mol. The molecule has 4 heteroatoms. The predicted octanol–water partition coefficient (Wildman–Crippen LogP) is 1.62. The highest BCUT2D eigenvalue weighted by Crippen LogP contribution is 2.19. The maximum Gasteiger partial charge on any atom is 0.341 e. The third kappa shape index (κ3) is 3.55. The number of ether oxygens (including phenoxy) is 2. The topological polar surface area (TPSA) is 55.8 Å². The van der Waals surface area contributed by atoms with Gasteiger partial charge in [-0.1, -0.05) is 12.1 Å². The summed E-state index contributed by atoms with van der Waals surface area (Å²) in [6, 6.07) is 6.91. The molecule has 1 aromatic rings. The lowest BCUT2D eigenvalue weighted by molar-refractivity contribution is 0.0521. The van der Waals surface area contributed by atoms with Crippen LogP contribution < -0.4 is 4.74 Å². The summed E-state index contributed by atoms with van der Waals surface area (Å²) < 4.78 is 10.3. The molecular formula is C12H16O4. The van der Waals surface area contributed by atoms with E-state index in [-0.39, 0.29) is 12.6 Å². The molecule has 0 aromatic heterocycles. The summed E-state index contributed by atoms with van der Waals surface area (Å²) in [5.41, 5.74) is 0.419.